The number of carbonyl (C=O) groups excluding carboxylic acids is 2. The zero-order valence-electron chi connectivity index (χ0n) is 7.91. The van der Waals surface area contributed by atoms with Crippen LogP contribution in [-0.2, 0) is 19.1 Å². The number of hydrogen-bond donors (Lipinski definition) is 2. The molecule has 0 aliphatic heterocycles. The van der Waals surface area contributed by atoms with E-state index in [9.17, 15) is 14.4 Å². The monoisotopic (exact) mass is 203 g/mol. The molecule has 0 rings (SSSR count). The Hall–Kier alpha value is -1.59. The summed E-state index contributed by atoms with van der Waals surface area (Å²) in [6.45, 7) is 0.0787. The van der Waals surface area contributed by atoms with Crippen LogP contribution in [0.1, 0.15) is 19.3 Å². The molecule has 80 valence electrons. The van der Waals surface area contributed by atoms with Crippen molar-refractivity contribution >= 4 is 17.8 Å². The lowest BCUT2D eigenvalue weighted by molar-refractivity contribution is -0.142. The largest absolute Gasteiger partial charge is 0.481 e. The molecule has 6 heteroatoms. The molecule has 0 heterocycles. The van der Waals surface area contributed by atoms with E-state index in [0.29, 0.717) is 0 Å². The number of methoxy groups -OCH3 is 1. The van der Waals surface area contributed by atoms with Gasteiger partial charge in [0.1, 0.15) is 0 Å². The van der Waals surface area contributed by atoms with E-state index in [-0.39, 0.29) is 31.7 Å². The molecule has 1 amide bonds. The SMILES string of the molecule is COC(=O)CCC(=O)NCCC(=O)O. The van der Waals surface area contributed by atoms with Crippen LogP contribution in [0.2, 0.25) is 0 Å². The summed E-state index contributed by atoms with van der Waals surface area (Å²) in [5.74, 6) is -1.78. The second kappa shape index (κ2) is 6.88. The van der Waals surface area contributed by atoms with E-state index in [2.05, 4.69) is 10.1 Å². The summed E-state index contributed by atoms with van der Waals surface area (Å²) in [6, 6.07) is 0. The van der Waals surface area contributed by atoms with Crippen LogP contribution < -0.4 is 5.32 Å². The molecule has 14 heavy (non-hydrogen) atoms. The van der Waals surface area contributed by atoms with Gasteiger partial charge in [-0.1, -0.05) is 0 Å². The van der Waals surface area contributed by atoms with Gasteiger partial charge in [0.25, 0.3) is 0 Å². The highest BCUT2D eigenvalue weighted by Gasteiger charge is 2.06. The number of carboxylic acid groups (broad SMARTS) is 1. The normalized spacial score (nSPS) is 9.21. The summed E-state index contributed by atoms with van der Waals surface area (Å²) in [6.07, 6.45) is -0.0916. The maximum Gasteiger partial charge on any atom is 0.306 e. The number of hydrogen-bond acceptors (Lipinski definition) is 4. The molecule has 0 radical (unpaired) electrons. The predicted molar refractivity (Wildman–Crippen MR) is 46.5 cm³/mol. The van der Waals surface area contributed by atoms with Crippen LogP contribution in [0, 0.1) is 0 Å². The Morgan fingerprint density at radius 2 is 1.86 bits per heavy atom. The van der Waals surface area contributed by atoms with Crippen LogP contribution in [-0.4, -0.2) is 36.6 Å². The van der Waals surface area contributed by atoms with Crippen molar-refractivity contribution in [1.29, 1.82) is 0 Å². The maximum absolute atomic E-state index is 10.9. The molecule has 0 aromatic rings. The highest BCUT2D eigenvalue weighted by atomic mass is 16.5. The van der Waals surface area contributed by atoms with Crippen LogP contribution in [0.3, 0.4) is 0 Å². The highest BCUT2D eigenvalue weighted by molar-refractivity contribution is 5.81. The first kappa shape index (κ1) is 12.4. The molecular weight excluding hydrogens is 190 g/mol. The molecule has 0 aromatic carbocycles. The van der Waals surface area contributed by atoms with Crippen molar-refractivity contribution < 1.29 is 24.2 Å². The smallest absolute Gasteiger partial charge is 0.306 e. The Balaban J connectivity index is 3.46. The van der Waals surface area contributed by atoms with Crippen molar-refractivity contribution in [3.8, 4) is 0 Å². The van der Waals surface area contributed by atoms with Crippen molar-refractivity contribution in [2.45, 2.75) is 19.3 Å². The Morgan fingerprint density at radius 1 is 1.21 bits per heavy atom. The fourth-order valence-corrected chi connectivity index (χ4v) is 0.715. The third kappa shape index (κ3) is 7.08. The van der Waals surface area contributed by atoms with Crippen LogP contribution >= 0.6 is 0 Å². The molecule has 0 fully saturated rings. The quantitative estimate of drug-likeness (QED) is 0.569. The fourth-order valence-electron chi connectivity index (χ4n) is 0.715. The van der Waals surface area contributed by atoms with E-state index in [1.165, 1.54) is 7.11 Å². The predicted octanol–water partition coefficient (Wildman–Crippen LogP) is -0.469. The Bertz CT molecular complexity index is 226. The van der Waals surface area contributed by atoms with Gasteiger partial charge in [0.05, 0.1) is 20.0 Å². The molecule has 0 aromatic heterocycles. The van der Waals surface area contributed by atoms with Gasteiger partial charge in [-0.15, -0.1) is 0 Å². The van der Waals surface area contributed by atoms with E-state index in [1.54, 1.807) is 0 Å². The molecular formula is C8H13NO5. The lowest BCUT2D eigenvalue weighted by atomic mass is 10.3. The van der Waals surface area contributed by atoms with Crippen molar-refractivity contribution in [2.24, 2.45) is 0 Å². The average molecular weight is 203 g/mol. The zero-order chi connectivity index (χ0) is 11.0. The van der Waals surface area contributed by atoms with Gasteiger partial charge in [0.15, 0.2) is 0 Å². The summed E-state index contributed by atoms with van der Waals surface area (Å²) in [5, 5.41) is 10.6. The third-order valence-corrected chi connectivity index (χ3v) is 1.44. The standard InChI is InChI=1S/C8H13NO5/c1-14-8(13)3-2-6(10)9-5-4-7(11)12/h2-5H2,1H3,(H,9,10)(H,11,12). The molecule has 0 bridgehead atoms. The molecule has 0 aliphatic rings. The highest BCUT2D eigenvalue weighted by Crippen LogP contribution is 1.91. The number of amides is 1. The van der Waals surface area contributed by atoms with Crippen molar-refractivity contribution in [3.05, 3.63) is 0 Å². The molecule has 0 saturated heterocycles. The maximum atomic E-state index is 10.9. The molecule has 2 N–H and O–H groups in total. The molecule has 0 saturated carbocycles. The van der Waals surface area contributed by atoms with Crippen molar-refractivity contribution in [3.63, 3.8) is 0 Å². The second-order valence-electron chi connectivity index (χ2n) is 2.57. The average Bonchev–Trinajstić information content (AvgIpc) is 2.13. The van der Waals surface area contributed by atoms with E-state index in [1.807, 2.05) is 0 Å². The molecule has 0 atom stereocenters. The Kier molecular flexibility index (Phi) is 6.09. The van der Waals surface area contributed by atoms with E-state index in [4.69, 9.17) is 5.11 Å². The first-order valence-corrected chi connectivity index (χ1v) is 4.11. The van der Waals surface area contributed by atoms with Gasteiger partial charge in [-0.05, 0) is 0 Å². The second-order valence-corrected chi connectivity index (χ2v) is 2.57. The zero-order valence-corrected chi connectivity index (χ0v) is 7.91. The first-order valence-electron chi connectivity index (χ1n) is 4.11. The van der Waals surface area contributed by atoms with Gasteiger partial charge in [-0.2, -0.15) is 0 Å². The van der Waals surface area contributed by atoms with E-state index in [0.717, 1.165) is 0 Å². The minimum atomic E-state index is -0.974. The molecule has 0 aliphatic carbocycles. The number of nitrogens with one attached hydrogen (secondary N) is 1. The number of esters is 1. The van der Waals surface area contributed by atoms with Gasteiger partial charge in [-0.25, -0.2) is 0 Å². The Morgan fingerprint density at radius 3 is 2.36 bits per heavy atom. The van der Waals surface area contributed by atoms with Crippen molar-refractivity contribution in [2.75, 3.05) is 13.7 Å². The van der Waals surface area contributed by atoms with Crippen molar-refractivity contribution in [1.82, 2.24) is 5.32 Å². The molecule has 0 unspecified atom stereocenters. The summed E-state index contributed by atoms with van der Waals surface area (Å²) in [4.78, 5) is 31.6. The van der Waals surface area contributed by atoms with Gasteiger partial charge >= 0.3 is 11.9 Å². The summed E-state index contributed by atoms with van der Waals surface area (Å²) in [5.41, 5.74) is 0. The fraction of sp³-hybridized carbons (Fsp3) is 0.625. The van der Waals surface area contributed by atoms with Crippen LogP contribution in [0.25, 0.3) is 0 Å². The van der Waals surface area contributed by atoms with E-state index >= 15 is 0 Å². The van der Waals surface area contributed by atoms with Crippen LogP contribution in [0.4, 0.5) is 0 Å². The molecule has 0 spiro atoms. The summed E-state index contributed by atoms with van der Waals surface area (Å²) in [7, 11) is 1.24. The first-order chi connectivity index (χ1) is 6.56. The number of aliphatic carboxylic acids is 1. The number of ether oxygens (including phenoxy) is 1. The number of carbonyl (C=O) groups is 3. The minimum absolute atomic E-state index is 0.00933. The van der Waals surface area contributed by atoms with Gasteiger partial charge < -0.3 is 15.2 Å². The number of carboxylic acids is 1. The Labute approximate surface area is 81.2 Å². The van der Waals surface area contributed by atoms with Gasteiger partial charge in [0.2, 0.25) is 5.91 Å². The number of rotatable bonds is 6. The lowest BCUT2D eigenvalue weighted by Gasteiger charge is -2.02. The summed E-state index contributed by atoms with van der Waals surface area (Å²) >= 11 is 0. The lowest BCUT2D eigenvalue weighted by Crippen LogP contribution is -2.26. The summed E-state index contributed by atoms with van der Waals surface area (Å²) < 4.78 is 4.33. The third-order valence-electron chi connectivity index (χ3n) is 1.44. The topological polar surface area (TPSA) is 92.7 Å². The van der Waals surface area contributed by atoms with Crippen LogP contribution in [0.15, 0.2) is 0 Å². The van der Waals surface area contributed by atoms with E-state index < -0.39 is 11.9 Å². The van der Waals surface area contributed by atoms with Gasteiger partial charge in [-0.3, -0.25) is 14.4 Å². The van der Waals surface area contributed by atoms with Crippen LogP contribution in [0.5, 0.6) is 0 Å². The minimum Gasteiger partial charge on any atom is -0.481 e. The van der Waals surface area contributed by atoms with Gasteiger partial charge in [0, 0.05) is 13.0 Å². The molecule has 6 nitrogen and oxygen atoms in total.